The van der Waals surface area contributed by atoms with E-state index >= 15 is 0 Å². The van der Waals surface area contributed by atoms with Crippen molar-refractivity contribution < 1.29 is 9.53 Å². The number of nitrogens with zero attached hydrogens (tertiary/aromatic N) is 3. The molecule has 0 aliphatic heterocycles. The van der Waals surface area contributed by atoms with Crippen molar-refractivity contribution in [3.05, 3.63) is 76.9 Å². The van der Waals surface area contributed by atoms with Crippen molar-refractivity contribution in [1.82, 2.24) is 14.7 Å². The number of amides is 1. The summed E-state index contributed by atoms with van der Waals surface area (Å²) in [7, 11) is 3.62. The highest BCUT2D eigenvalue weighted by atomic mass is 35.5. The Kier molecular flexibility index (Phi) is 7.88. The number of carbonyl (C=O) groups excluding carboxylic acids is 1. The fraction of sp³-hybridized carbons (Fsp3) is 0.304. The number of aromatic nitrogens is 2. The molecule has 158 valence electrons. The first kappa shape index (κ1) is 21.9. The average molecular weight is 427 g/mol. The SMILES string of the molecule is COc1ccc(CCCN(C)CC(=O)Nc2ccnn2Cc2ccccc2Cl)cc1. The normalized spacial score (nSPS) is 10.9. The van der Waals surface area contributed by atoms with Gasteiger partial charge in [-0.3, -0.25) is 9.69 Å². The maximum Gasteiger partial charge on any atom is 0.239 e. The zero-order valence-corrected chi connectivity index (χ0v) is 18.1. The second-order valence-corrected chi connectivity index (χ2v) is 7.61. The Morgan fingerprint density at radius 2 is 1.93 bits per heavy atom. The van der Waals surface area contributed by atoms with Gasteiger partial charge in [-0.2, -0.15) is 5.10 Å². The van der Waals surface area contributed by atoms with Crippen LogP contribution in [0.15, 0.2) is 60.8 Å². The monoisotopic (exact) mass is 426 g/mol. The number of carbonyl (C=O) groups is 1. The van der Waals surface area contributed by atoms with Gasteiger partial charge >= 0.3 is 0 Å². The minimum Gasteiger partial charge on any atom is -0.497 e. The van der Waals surface area contributed by atoms with Crippen molar-refractivity contribution in [3.8, 4) is 5.75 Å². The Balaban J connectivity index is 1.45. The molecule has 0 fully saturated rings. The van der Waals surface area contributed by atoms with Gasteiger partial charge in [-0.15, -0.1) is 0 Å². The molecule has 0 aliphatic carbocycles. The molecule has 2 aromatic carbocycles. The topological polar surface area (TPSA) is 59.4 Å². The van der Waals surface area contributed by atoms with Gasteiger partial charge in [-0.05, 0) is 55.8 Å². The van der Waals surface area contributed by atoms with Crippen LogP contribution in [-0.4, -0.2) is 47.8 Å². The first-order valence-electron chi connectivity index (χ1n) is 9.91. The summed E-state index contributed by atoms with van der Waals surface area (Å²) in [6, 6.07) is 17.5. The zero-order valence-electron chi connectivity index (χ0n) is 17.3. The number of methoxy groups -OCH3 is 1. The molecule has 3 rings (SSSR count). The number of rotatable bonds is 10. The minimum absolute atomic E-state index is 0.0668. The second kappa shape index (κ2) is 10.8. The van der Waals surface area contributed by atoms with E-state index in [9.17, 15) is 4.79 Å². The first-order valence-corrected chi connectivity index (χ1v) is 10.3. The Morgan fingerprint density at radius 3 is 2.67 bits per heavy atom. The molecule has 1 N–H and O–H groups in total. The van der Waals surface area contributed by atoms with Gasteiger partial charge < -0.3 is 10.1 Å². The van der Waals surface area contributed by atoms with Crippen LogP contribution in [-0.2, 0) is 17.8 Å². The van der Waals surface area contributed by atoms with E-state index in [1.54, 1.807) is 24.1 Å². The number of benzene rings is 2. The summed E-state index contributed by atoms with van der Waals surface area (Å²) in [5, 5.41) is 7.93. The summed E-state index contributed by atoms with van der Waals surface area (Å²) < 4.78 is 6.92. The molecule has 0 saturated carbocycles. The average Bonchev–Trinajstić information content (AvgIpc) is 3.16. The van der Waals surface area contributed by atoms with Gasteiger partial charge in [-0.1, -0.05) is 41.9 Å². The van der Waals surface area contributed by atoms with Crippen LogP contribution in [0.3, 0.4) is 0 Å². The Hall–Kier alpha value is -2.83. The van der Waals surface area contributed by atoms with Crippen molar-refractivity contribution in [2.75, 3.05) is 32.6 Å². The van der Waals surface area contributed by atoms with Gasteiger partial charge in [-0.25, -0.2) is 4.68 Å². The maximum absolute atomic E-state index is 12.5. The molecule has 6 nitrogen and oxygen atoms in total. The van der Waals surface area contributed by atoms with Crippen LogP contribution in [0.5, 0.6) is 5.75 Å². The van der Waals surface area contributed by atoms with Gasteiger partial charge in [0.1, 0.15) is 11.6 Å². The van der Waals surface area contributed by atoms with E-state index in [0.29, 0.717) is 23.9 Å². The van der Waals surface area contributed by atoms with E-state index in [2.05, 4.69) is 22.5 Å². The van der Waals surface area contributed by atoms with Crippen molar-refractivity contribution in [1.29, 1.82) is 0 Å². The van der Waals surface area contributed by atoms with Gasteiger partial charge in [0.25, 0.3) is 0 Å². The number of anilines is 1. The third kappa shape index (κ3) is 6.34. The molecule has 0 atom stereocenters. The molecule has 3 aromatic rings. The highest BCUT2D eigenvalue weighted by Gasteiger charge is 2.11. The van der Waals surface area contributed by atoms with Gasteiger partial charge in [0.15, 0.2) is 0 Å². The molecule has 0 spiro atoms. The molecule has 0 aliphatic rings. The number of hydrogen-bond acceptors (Lipinski definition) is 4. The van der Waals surface area contributed by atoms with Gasteiger partial charge in [0.2, 0.25) is 5.91 Å². The van der Waals surface area contributed by atoms with Gasteiger partial charge in [0, 0.05) is 11.1 Å². The lowest BCUT2D eigenvalue weighted by Crippen LogP contribution is -2.31. The van der Waals surface area contributed by atoms with Crippen molar-refractivity contribution in [3.63, 3.8) is 0 Å². The Labute approximate surface area is 182 Å². The van der Waals surface area contributed by atoms with Crippen molar-refractivity contribution in [2.45, 2.75) is 19.4 Å². The zero-order chi connectivity index (χ0) is 21.3. The highest BCUT2D eigenvalue weighted by molar-refractivity contribution is 6.31. The largest absolute Gasteiger partial charge is 0.497 e. The number of nitrogens with one attached hydrogen (secondary N) is 1. The quantitative estimate of drug-likeness (QED) is 0.530. The molecular formula is C23H27ClN4O2. The van der Waals surface area contributed by atoms with Crippen LogP contribution >= 0.6 is 11.6 Å². The predicted octanol–water partition coefficient (Wildman–Crippen LogP) is 4.10. The smallest absolute Gasteiger partial charge is 0.239 e. The number of hydrogen-bond donors (Lipinski definition) is 1. The third-order valence-corrected chi connectivity index (χ3v) is 5.21. The summed E-state index contributed by atoms with van der Waals surface area (Å²) in [5.41, 5.74) is 2.21. The molecule has 1 amide bonds. The fourth-order valence-corrected chi connectivity index (χ4v) is 3.40. The summed E-state index contributed by atoms with van der Waals surface area (Å²) in [4.78, 5) is 14.5. The highest BCUT2D eigenvalue weighted by Crippen LogP contribution is 2.18. The van der Waals surface area contributed by atoms with E-state index in [0.717, 1.165) is 30.7 Å². The van der Waals surface area contributed by atoms with E-state index in [-0.39, 0.29) is 5.91 Å². The van der Waals surface area contributed by atoms with E-state index in [4.69, 9.17) is 16.3 Å². The third-order valence-electron chi connectivity index (χ3n) is 4.84. The number of likely N-dealkylation sites (N-methyl/N-ethyl adjacent to an activating group) is 1. The molecule has 0 unspecified atom stereocenters. The van der Waals surface area contributed by atoms with Crippen molar-refractivity contribution >= 4 is 23.3 Å². The van der Waals surface area contributed by atoms with Crippen LogP contribution in [0.4, 0.5) is 5.82 Å². The number of ether oxygens (including phenoxy) is 1. The first-order chi connectivity index (χ1) is 14.5. The Bertz CT molecular complexity index is 956. The molecule has 30 heavy (non-hydrogen) atoms. The molecule has 0 saturated heterocycles. The summed E-state index contributed by atoms with van der Waals surface area (Å²) in [5.74, 6) is 1.45. The standard InChI is InChI=1S/C23H27ClN4O2/c1-27(15-5-6-18-9-11-20(30-2)12-10-18)17-23(29)26-22-13-14-25-28(22)16-19-7-3-4-8-21(19)24/h3-4,7-14H,5-6,15-17H2,1-2H3,(H,26,29). The van der Waals surface area contributed by atoms with Crippen LogP contribution < -0.4 is 10.1 Å². The minimum atomic E-state index is -0.0668. The second-order valence-electron chi connectivity index (χ2n) is 7.20. The lowest BCUT2D eigenvalue weighted by atomic mass is 10.1. The van der Waals surface area contributed by atoms with E-state index < -0.39 is 0 Å². The van der Waals surface area contributed by atoms with Crippen LogP contribution in [0.1, 0.15) is 17.5 Å². The summed E-state index contributed by atoms with van der Waals surface area (Å²) >= 11 is 6.23. The maximum atomic E-state index is 12.5. The predicted molar refractivity (Wildman–Crippen MR) is 120 cm³/mol. The molecule has 7 heteroatoms. The fourth-order valence-electron chi connectivity index (χ4n) is 3.20. The molecule has 0 bridgehead atoms. The number of aryl methyl sites for hydroxylation is 1. The van der Waals surface area contributed by atoms with Crippen LogP contribution in [0.25, 0.3) is 0 Å². The summed E-state index contributed by atoms with van der Waals surface area (Å²) in [6.45, 7) is 1.65. The Morgan fingerprint density at radius 1 is 1.17 bits per heavy atom. The number of halogens is 1. The molecule has 1 aromatic heterocycles. The van der Waals surface area contributed by atoms with Crippen LogP contribution in [0, 0.1) is 0 Å². The molecule has 1 heterocycles. The lowest BCUT2D eigenvalue weighted by Gasteiger charge is -2.17. The summed E-state index contributed by atoms with van der Waals surface area (Å²) in [6.07, 6.45) is 3.60. The van der Waals surface area contributed by atoms with Crippen LogP contribution in [0.2, 0.25) is 5.02 Å². The van der Waals surface area contributed by atoms with E-state index in [1.165, 1.54) is 5.56 Å². The van der Waals surface area contributed by atoms with Crippen molar-refractivity contribution in [2.24, 2.45) is 0 Å². The lowest BCUT2D eigenvalue weighted by molar-refractivity contribution is -0.117. The van der Waals surface area contributed by atoms with Gasteiger partial charge in [0.05, 0.1) is 26.4 Å². The molecule has 0 radical (unpaired) electrons. The molecular weight excluding hydrogens is 400 g/mol. The van der Waals surface area contributed by atoms with E-state index in [1.807, 2.05) is 48.3 Å².